The molecule has 1 heterocycles. The second kappa shape index (κ2) is 5.91. The molecule has 0 spiro atoms. The van der Waals surface area contributed by atoms with Crippen LogP contribution in [0.4, 0.5) is 0 Å². The van der Waals surface area contributed by atoms with E-state index in [2.05, 4.69) is 23.8 Å². The molecule has 0 radical (unpaired) electrons. The van der Waals surface area contributed by atoms with Crippen molar-refractivity contribution in [2.24, 2.45) is 0 Å². The maximum atomic E-state index is 9.41. The molecule has 0 aliphatic carbocycles. The lowest BCUT2D eigenvalue weighted by Crippen LogP contribution is -2.50. The molecular weight excluding hydrogens is 248 g/mol. The summed E-state index contributed by atoms with van der Waals surface area (Å²) in [4.78, 5) is 4.89. The maximum Gasteiger partial charge on any atom is 0.134 e. The minimum absolute atomic E-state index is 0.158. The van der Waals surface area contributed by atoms with E-state index in [0.717, 1.165) is 31.7 Å². The van der Waals surface area contributed by atoms with E-state index < -0.39 is 0 Å². The van der Waals surface area contributed by atoms with Crippen molar-refractivity contribution in [3.05, 3.63) is 28.8 Å². The van der Waals surface area contributed by atoms with Crippen molar-refractivity contribution in [1.29, 1.82) is 0 Å². The molecule has 0 bridgehead atoms. The highest BCUT2D eigenvalue weighted by atomic mass is 35.5. The summed E-state index contributed by atoms with van der Waals surface area (Å²) in [6.45, 7) is 6.45. The molecule has 1 aliphatic rings. The monoisotopic (exact) mass is 268 g/mol. The van der Waals surface area contributed by atoms with Gasteiger partial charge in [0.2, 0.25) is 0 Å². The van der Waals surface area contributed by atoms with E-state index in [1.807, 2.05) is 12.1 Å². The predicted octanol–water partition coefficient (Wildman–Crippen LogP) is 2.57. The zero-order valence-electron chi connectivity index (χ0n) is 11.1. The van der Waals surface area contributed by atoms with Gasteiger partial charge in [0.1, 0.15) is 5.75 Å². The predicted molar refractivity (Wildman–Crippen MR) is 75.1 cm³/mol. The Balaban J connectivity index is 1.99. The maximum absolute atomic E-state index is 9.41. The van der Waals surface area contributed by atoms with E-state index >= 15 is 0 Å². The number of piperazine rings is 1. The fourth-order valence-corrected chi connectivity index (χ4v) is 2.70. The van der Waals surface area contributed by atoms with Crippen LogP contribution in [0.15, 0.2) is 18.2 Å². The Kier molecular flexibility index (Phi) is 4.49. The first-order valence-corrected chi connectivity index (χ1v) is 6.88. The van der Waals surface area contributed by atoms with Crippen LogP contribution in [0.3, 0.4) is 0 Å². The normalized spacial score (nSPS) is 22.3. The molecule has 1 unspecified atom stereocenters. The van der Waals surface area contributed by atoms with Gasteiger partial charge in [-0.3, -0.25) is 4.90 Å². The van der Waals surface area contributed by atoms with Crippen LogP contribution in [0.2, 0.25) is 5.02 Å². The van der Waals surface area contributed by atoms with Crippen molar-refractivity contribution in [3.63, 3.8) is 0 Å². The largest absolute Gasteiger partial charge is 0.506 e. The van der Waals surface area contributed by atoms with Crippen molar-refractivity contribution in [1.82, 2.24) is 9.80 Å². The Hall–Kier alpha value is -0.770. The second-order valence-corrected chi connectivity index (χ2v) is 5.47. The quantitative estimate of drug-likeness (QED) is 0.913. The lowest BCUT2D eigenvalue weighted by molar-refractivity contribution is 0.0884. The molecule has 18 heavy (non-hydrogen) atoms. The van der Waals surface area contributed by atoms with Gasteiger partial charge in [0.05, 0.1) is 5.02 Å². The summed E-state index contributed by atoms with van der Waals surface area (Å²) in [6.07, 6.45) is 1.18. The fraction of sp³-hybridized carbons (Fsp3) is 0.571. The third kappa shape index (κ3) is 3.16. The molecule has 1 aliphatic heterocycles. The van der Waals surface area contributed by atoms with Gasteiger partial charge in [-0.25, -0.2) is 0 Å². The smallest absolute Gasteiger partial charge is 0.134 e. The van der Waals surface area contributed by atoms with Gasteiger partial charge >= 0.3 is 0 Å². The van der Waals surface area contributed by atoms with Crippen LogP contribution in [0.1, 0.15) is 18.9 Å². The number of hydrogen-bond donors (Lipinski definition) is 1. The summed E-state index contributed by atoms with van der Waals surface area (Å²) in [6, 6.07) is 6.12. The first-order chi connectivity index (χ1) is 8.60. The number of rotatable bonds is 3. The average molecular weight is 269 g/mol. The molecule has 1 aromatic rings. The van der Waals surface area contributed by atoms with Crippen molar-refractivity contribution < 1.29 is 5.11 Å². The Morgan fingerprint density at radius 2 is 2.17 bits per heavy atom. The van der Waals surface area contributed by atoms with Crippen LogP contribution in [0.5, 0.6) is 5.75 Å². The van der Waals surface area contributed by atoms with Gasteiger partial charge in [0.15, 0.2) is 0 Å². The van der Waals surface area contributed by atoms with Crippen molar-refractivity contribution in [3.8, 4) is 5.75 Å². The van der Waals surface area contributed by atoms with Crippen molar-refractivity contribution in [2.45, 2.75) is 25.9 Å². The van der Waals surface area contributed by atoms with Gasteiger partial charge in [-0.05, 0) is 31.2 Å². The number of benzene rings is 1. The Morgan fingerprint density at radius 3 is 2.83 bits per heavy atom. The summed E-state index contributed by atoms with van der Waals surface area (Å²) >= 11 is 5.93. The number of hydrogen-bond acceptors (Lipinski definition) is 3. The molecule has 1 aromatic carbocycles. The molecule has 2 rings (SSSR count). The Labute approximate surface area is 114 Å². The molecule has 1 fully saturated rings. The van der Waals surface area contributed by atoms with E-state index in [9.17, 15) is 5.11 Å². The standard InChI is InChI=1S/C14H21ClN2O/c1-3-12-10-17(7-6-16(12)2)9-11-4-5-14(18)13(15)8-11/h4-5,8,12,18H,3,6-7,9-10H2,1-2H3. The Morgan fingerprint density at radius 1 is 1.39 bits per heavy atom. The molecule has 0 amide bonds. The van der Waals surface area contributed by atoms with Crippen LogP contribution in [0, 0.1) is 0 Å². The van der Waals surface area contributed by atoms with E-state index in [1.54, 1.807) is 6.07 Å². The van der Waals surface area contributed by atoms with Crippen LogP contribution >= 0.6 is 11.6 Å². The van der Waals surface area contributed by atoms with Crippen molar-refractivity contribution in [2.75, 3.05) is 26.7 Å². The van der Waals surface area contributed by atoms with Gasteiger partial charge in [-0.1, -0.05) is 24.6 Å². The highest BCUT2D eigenvalue weighted by molar-refractivity contribution is 6.32. The van der Waals surface area contributed by atoms with Crippen LogP contribution in [-0.2, 0) is 6.54 Å². The number of aromatic hydroxyl groups is 1. The lowest BCUT2D eigenvalue weighted by Gasteiger charge is -2.39. The van der Waals surface area contributed by atoms with Crippen LogP contribution < -0.4 is 0 Å². The third-order valence-corrected chi connectivity index (χ3v) is 4.05. The van der Waals surface area contributed by atoms with E-state index in [1.165, 1.54) is 6.42 Å². The SMILES string of the molecule is CCC1CN(Cc2ccc(O)c(Cl)c2)CCN1C. The number of likely N-dealkylation sites (N-methyl/N-ethyl adjacent to an activating group) is 1. The van der Waals surface area contributed by atoms with E-state index in [4.69, 9.17) is 11.6 Å². The summed E-state index contributed by atoms with van der Waals surface area (Å²) in [5.41, 5.74) is 1.16. The summed E-state index contributed by atoms with van der Waals surface area (Å²) in [7, 11) is 2.20. The highest BCUT2D eigenvalue weighted by Crippen LogP contribution is 2.24. The molecule has 1 N–H and O–H groups in total. The molecule has 100 valence electrons. The first kappa shape index (κ1) is 13.7. The topological polar surface area (TPSA) is 26.7 Å². The van der Waals surface area contributed by atoms with Gasteiger partial charge in [-0.2, -0.15) is 0 Å². The number of halogens is 1. The second-order valence-electron chi connectivity index (χ2n) is 5.06. The minimum Gasteiger partial charge on any atom is -0.506 e. The van der Waals surface area contributed by atoms with Crippen LogP contribution in [-0.4, -0.2) is 47.6 Å². The summed E-state index contributed by atoms with van der Waals surface area (Å²) in [5.74, 6) is 0.158. The minimum atomic E-state index is 0.158. The fourth-order valence-electron chi connectivity index (χ4n) is 2.50. The molecule has 0 saturated carbocycles. The number of phenols is 1. The van der Waals surface area contributed by atoms with E-state index in [0.29, 0.717) is 11.1 Å². The molecule has 0 aromatic heterocycles. The zero-order valence-corrected chi connectivity index (χ0v) is 11.8. The van der Waals surface area contributed by atoms with Gasteiger partial charge in [0, 0.05) is 32.2 Å². The van der Waals surface area contributed by atoms with Gasteiger partial charge in [0.25, 0.3) is 0 Å². The molecule has 1 saturated heterocycles. The molecular formula is C14H21ClN2O. The molecule has 4 heteroatoms. The molecule has 1 atom stereocenters. The third-order valence-electron chi connectivity index (χ3n) is 3.75. The molecule has 3 nitrogen and oxygen atoms in total. The Bertz CT molecular complexity index is 411. The van der Waals surface area contributed by atoms with Crippen LogP contribution in [0.25, 0.3) is 0 Å². The van der Waals surface area contributed by atoms with E-state index in [-0.39, 0.29) is 5.75 Å². The first-order valence-electron chi connectivity index (χ1n) is 6.50. The average Bonchev–Trinajstić information content (AvgIpc) is 2.36. The zero-order chi connectivity index (χ0) is 13.1. The summed E-state index contributed by atoms with van der Waals surface area (Å²) < 4.78 is 0. The summed E-state index contributed by atoms with van der Waals surface area (Å²) in [5, 5.41) is 9.85. The number of nitrogens with zero attached hydrogens (tertiary/aromatic N) is 2. The highest BCUT2D eigenvalue weighted by Gasteiger charge is 2.22. The number of phenolic OH excluding ortho intramolecular Hbond substituents is 1. The van der Waals surface area contributed by atoms with Gasteiger partial charge in [-0.15, -0.1) is 0 Å². The lowest BCUT2D eigenvalue weighted by atomic mass is 10.1. The van der Waals surface area contributed by atoms with Crippen molar-refractivity contribution >= 4 is 11.6 Å². The van der Waals surface area contributed by atoms with Gasteiger partial charge < -0.3 is 10.0 Å².